The third kappa shape index (κ3) is 5.02. The van der Waals surface area contributed by atoms with Gasteiger partial charge in [-0.1, -0.05) is 18.5 Å². The molecule has 8 heteroatoms. The summed E-state index contributed by atoms with van der Waals surface area (Å²) in [7, 11) is 0. The molecule has 0 aliphatic rings. The molecular formula is C12H18ClN5O2. The van der Waals surface area contributed by atoms with Gasteiger partial charge in [0.05, 0.1) is 5.02 Å². The Kier molecular flexibility index (Phi) is 6.75. The van der Waals surface area contributed by atoms with E-state index in [0.29, 0.717) is 12.4 Å². The zero-order valence-corrected chi connectivity index (χ0v) is 12.0. The Morgan fingerprint density at radius 3 is 2.70 bits per heavy atom. The van der Waals surface area contributed by atoms with Crippen LogP contribution < -0.4 is 21.9 Å². The molecule has 0 saturated carbocycles. The summed E-state index contributed by atoms with van der Waals surface area (Å²) in [5, 5.41) is 5.52. The van der Waals surface area contributed by atoms with E-state index in [1.165, 1.54) is 6.07 Å². The second-order valence-electron chi connectivity index (χ2n) is 4.03. The molecule has 1 aromatic rings. The first-order valence-corrected chi connectivity index (χ1v) is 6.64. The summed E-state index contributed by atoms with van der Waals surface area (Å²) >= 11 is 5.89. The Balaban J connectivity index is 2.49. The first-order valence-electron chi connectivity index (χ1n) is 6.26. The summed E-state index contributed by atoms with van der Waals surface area (Å²) in [4.78, 5) is 27.2. The van der Waals surface area contributed by atoms with Gasteiger partial charge in [0.15, 0.2) is 0 Å². The van der Waals surface area contributed by atoms with Gasteiger partial charge in [0.1, 0.15) is 11.5 Å². The topological polar surface area (TPSA) is 109 Å². The van der Waals surface area contributed by atoms with Gasteiger partial charge in [-0.25, -0.2) is 10.8 Å². The minimum atomic E-state index is -0.449. The number of nitrogens with two attached hydrogens (primary N) is 1. The highest BCUT2D eigenvalue weighted by atomic mass is 35.5. The van der Waals surface area contributed by atoms with Crippen LogP contribution in [0.1, 0.15) is 30.3 Å². The zero-order valence-electron chi connectivity index (χ0n) is 11.2. The van der Waals surface area contributed by atoms with Crippen LogP contribution in [0, 0.1) is 0 Å². The maximum atomic E-state index is 11.9. The van der Waals surface area contributed by atoms with Crippen molar-refractivity contribution < 1.29 is 9.59 Å². The average molecular weight is 300 g/mol. The molecule has 110 valence electrons. The third-order valence-electron chi connectivity index (χ3n) is 2.42. The van der Waals surface area contributed by atoms with E-state index in [-0.39, 0.29) is 29.6 Å². The van der Waals surface area contributed by atoms with Gasteiger partial charge in [-0.2, -0.15) is 0 Å². The number of hydrogen-bond acceptors (Lipinski definition) is 5. The lowest BCUT2D eigenvalue weighted by Crippen LogP contribution is -2.31. The van der Waals surface area contributed by atoms with Crippen molar-refractivity contribution in [3.63, 3.8) is 0 Å². The number of rotatable bonds is 7. The molecule has 1 aromatic heterocycles. The van der Waals surface area contributed by atoms with Crippen LogP contribution in [0.3, 0.4) is 0 Å². The SMILES string of the molecule is CCCNC(=O)CCNC(=O)c1nc(NN)ccc1Cl. The number of anilines is 1. The van der Waals surface area contributed by atoms with Crippen LogP contribution in [0.4, 0.5) is 5.82 Å². The number of carbonyl (C=O) groups is 2. The fraction of sp³-hybridized carbons (Fsp3) is 0.417. The monoisotopic (exact) mass is 299 g/mol. The molecule has 1 rings (SSSR count). The maximum absolute atomic E-state index is 11.9. The molecule has 0 aliphatic heterocycles. The number of pyridine rings is 1. The molecule has 0 aliphatic carbocycles. The van der Waals surface area contributed by atoms with Gasteiger partial charge in [-0.15, -0.1) is 0 Å². The van der Waals surface area contributed by atoms with Crippen LogP contribution in [0.15, 0.2) is 12.1 Å². The minimum absolute atomic E-state index is 0.0658. The maximum Gasteiger partial charge on any atom is 0.271 e. The van der Waals surface area contributed by atoms with E-state index in [1.54, 1.807) is 6.07 Å². The van der Waals surface area contributed by atoms with Crippen molar-refractivity contribution >= 4 is 29.2 Å². The van der Waals surface area contributed by atoms with E-state index in [0.717, 1.165) is 6.42 Å². The van der Waals surface area contributed by atoms with Crippen molar-refractivity contribution in [3.05, 3.63) is 22.8 Å². The lowest BCUT2D eigenvalue weighted by molar-refractivity contribution is -0.120. The Morgan fingerprint density at radius 1 is 1.30 bits per heavy atom. The molecule has 5 N–H and O–H groups in total. The standard InChI is InChI=1S/C12H18ClN5O2/c1-2-6-15-10(19)5-7-16-12(20)11-8(13)3-4-9(17-11)18-14/h3-4H,2,5-7,14H2,1H3,(H,15,19)(H,16,20)(H,17,18). The summed E-state index contributed by atoms with van der Waals surface area (Å²) < 4.78 is 0. The normalized spacial score (nSPS) is 9.95. The fourth-order valence-electron chi connectivity index (χ4n) is 1.41. The van der Waals surface area contributed by atoms with Gasteiger partial charge in [-0.3, -0.25) is 9.59 Å². The molecule has 20 heavy (non-hydrogen) atoms. The lowest BCUT2D eigenvalue weighted by atomic mass is 10.3. The number of hydrazine groups is 1. The van der Waals surface area contributed by atoms with Gasteiger partial charge in [0.2, 0.25) is 5.91 Å². The highest BCUT2D eigenvalue weighted by Gasteiger charge is 2.13. The zero-order chi connectivity index (χ0) is 15.0. The highest BCUT2D eigenvalue weighted by Crippen LogP contribution is 2.15. The van der Waals surface area contributed by atoms with Crippen LogP contribution in [-0.4, -0.2) is 29.9 Å². The van der Waals surface area contributed by atoms with Gasteiger partial charge in [0.25, 0.3) is 5.91 Å². The molecule has 0 saturated heterocycles. The van der Waals surface area contributed by atoms with Gasteiger partial charge >= 0.3 is 0 Å². The molecule has 1 heterocycles. The third-order valence-corrected chi connectivity index (χ3v) is 2.72. The van der Waals surface area contributed by atoms with Crippen molar-refractivity contribution in [2.75, 3.05) is 18.5 Å². The molecule has 7 nitrogen and oxygen atoms in total. The molecular weight excluding hydrogens is 282 g/mol. The molecule has 2 amide bonds. The van der Waals surface area contributed by atoms with E-state index in [1.807, 2.05) is 6.92 Å². The van der Waals surface area contributed by atoms with E-state index in [4.69, 9.17) is 17.4 Å². The first kappa shape index (κ1) is 16.2. The smallest absolute Gasteiger partial charge is 0.271 e. The Morgan fingerprint density at radius 2 is 2.05 bits per heavy atom. The molecule has 0 unspecified atom stereocenters. The number of nitrogens with one attached hydrogen (secondary N) is 3. The molecule has 0 atom stereocenters. The summed E-state index contributed by atoms with van der Waals surface area (Å²) in [5.74, 6) is 4.99. The van der Waals surface area contributed by atoms with E-state index >= 15 is 0 Å². The number of aromatic nitrogens is 1. The number of nitrogen functional groups attached to an aromatic ring is 1. The summed E-state index contributed by atoms with van der Waals surface area (Å²) in [5.41, 5.74) is 2.40. The summed E-state index contributed by atoms with van der Waals surface area (Å²) in [6.07, 6.45) is 1.08. The van der Waals surface area contributed by atoms with Gasteiger partial charge in [0, 0.05) is 19.5 Å². The Labute approximate surface area is 122 Å². The minimum Gasteiger partial charge on any atom is -0.356 e. The predicted molar refractivity (Wildman–Crippen MR) is 77.3 cm³/mol. The Bertz CT molecular complexity index is 481. The van der Waals surface area contributed by atoms with Crippen LogP contribution in [0.25, 0.3) is 0 Å². The van der Waals surface area contributed by atoms with E-state index in [2.05, 4.69) is 21.0 Å². The molecule has 0 radical (unpaired) electrons. The summed E-state index contributed by atoms with van der Waals surface area (Å²) in [6, 6.07) is 3.07. The second kappa shape index (κ2) is 8.34. The number of halogens is 1. The fourth-order valence-corrected chi connectivity index (χ4v) is 1.60. The van der Waals surface area contributed by atoms with Crippen molar-refractivity contribution in [1.82, 2.24) is 15.6 Å². The lowest BCUT2D eigenvalue weighted by Gasteiger charge is -2.08. The number of amides is 2. The van der Waals surface area contributed by atoms with Crippen LogP contribution in [0.2, 0.25) is 5.02 Å². The number of carbonyl (C=O) groups excluding carboxylic acids is 2. The molecule has 0 spiro atoms. The largest absolute Gasteiger partial charge is 0.356 e. The van der Waals surface area contributed by atoms with Crippen LogP contribution >= 0.6 is 11.6 Å². The number of hydrogen-bond donors (Lipinski definition) is 4. The Hall–Kier alpha value is -1.86. The van der Waals surface area contributed by atoms with Gasteiger partial charge in [-0.05, 0) is 18.6 Å². The second-order valence-corrected chi connectivity index (χ2v) is 4.43. The van der Waals surface area contributed by atoms with Crippen molar-refractivity contribution in [2.45, 2.75) is 19.8 Å². The molecule has 0 fully saturated rings. The van der Waals surface area contributed by atoms with E-state index in [9.17, 15) is 9.59 Å². The van der Waals surface area contributed by atoms with Crippen LogP contribution in [0.5, 0.6) is 0 Å². The van der Waals surface area contributed by atoms with E-state index < -0.39 is 5.91 Å². The van der Waals surface area contributed by atoms with Crippen molar-refractivity contribution in [2.24, 2.45) is 5.84 Å². The molecule has 0 aromatic carbocycles. The highest BCUT2D eigenvalue weighted by molar-refractivity contribution is 6.33. The predicted octanol–water partition coefficient (Wildman–Crippen LogP) is 0.667. The van der Waals surface area contributed by atoms with Crippen molar-refractivity contribution in [3.8, 4) is 0 Å². The quantitative estimate of drug-likeness (QED) is 0.437. The molecule has 0 bridgehead atoms. The summed E-state index contributed by atoms with van der Waals surface area (Å²) in [6.45, 7) is 2.81. The first-order chi connectivity index (χ1) is 9.58. The van der Waals surface area contributed by atoms with Crippen molar-refractivity contribution in [1.29, 1.82) is 0 Å². The van der Waals surface area contributed by atoms with Crippen LogP contribution in [-0.2, 0) is 4.79 Å². The van der Waals surface area contributed by atoms with Gasteiger partial charge < -0.3 is 16.1 Å². The number of nitrogens with zero attached hydrogens (tertiary/aromatic N) is 1. The average Bonchev–Trinajstić information content (AvgIpc) is 2.45.